The maximum atomic E-state index is 13.0. The van der Waals surface area contributed by atoms with E-state index in [0.29, 0.717) is 5.82 Å². The lowest BCUT2D eigenvalue weighted by Crippen LogP contribution is -2.11. The van der Waals surface area contributed by atoms with Gasteiger partial charge in [0.05, 0.1) is 0 Å². The smallest absolute Gasteiger partial charge is 0.239 e. The van der Waals surface area contributed by atoms with Crippen LogP contribution in [-0.2, 0) is 0 Å². The van der Waals surface area contributed by atoms with Gasteiger partial charge in [0.2, 0.25) is 5.95 Å². The van der Waals surface area contributed by atoms with Gasteiger partial charge in [-0.25, -0.2) is 19.6 Å². The Morgan fingerprint density at radius 2 is 1.83 bits per heavy atom. The summed E-state index contributed by atoms with van der Waals surface area (Å²) in [7, 11) is 0. The number of rotatable bonds is 3. The minimum Gasteiger partial charge on any atom is -0.340 e. The van der Waals surface area contributed by atoms with Crippen molar-refractivity contribution in [1.82, 2.24) is 9.97 Å². The average Bonchev–Trinajstić information content (AvgIpc) is 2.30. The van der Waals surface area contributed by atoms with E-state index in [1.807, 2.05) is 0 Å². The molecule has 0 saturated heterocycles. The van der Waals surface area contributed by atoms with Crippen LogP contribution in [-0.4, -0.2) is 9.97 Å². The normalized spacial score (nSPS) is 10.2. The van der Waals surface area contributed by atoms with Crippen molar-refractivity contribution in [2.75, 3.05) is 10.7 Å². The Morgan fingerprint density at radius 1 is 1.17 bits per heavy atom. The number of aryl methyl sites for hydroxylation is 1. The van der Waals surface area contributed by atoms with E-state index in [1.54, 1.807) is 13.1 Å². The summed E-state index contributed by atoms with van der Waals surface area (Å²) in [6.07, 6.45) is 1.54. The van der Waals surface area contributed by atoms with E-state index >= 15 is 0 Å². The lowest BCUT2D eigenvalue weighted by atomic mass is 10.2. The summed E-state index contributed by atoms with van der Waals surface area (Å²) in [5.41, 5.74) is 3.28. The Labute approximate surface area is 102 Å². The lowest BCUT2D eigenvalue weighted by Gasteiger charge is -2.09. The molecular weight excluding hydrogens is 240 g/mol. The molecule has 0 aliphatic carbocycles. The molecule has 1 heterocycles. The van der Waals surface area contributed by atoms with Crippen LogP contribution in [0, 0.1) is 18.6 Å². The summed E-state index contributed by atoms with van der Waals surface area (Å²) in [6, 6.07) is 3.13. The SMILES string of the molecule is Cc1cnc(NN)nc1Nc1cc(F)cc(F)c1. The van der Waals surface area contributed by atoms with Crippen molar-refractivity contribution in [2.24, 2.45) is 5.84 Å². The second-order valence-corrected chi connectivity index (χ2v) is 3.65. The number of nitrogens with zero attached hydrogens (tertiary/aromatic N) is 2. The highest BCUT2D eigenvalue weighted by molar-refractivity contribution is 5.59. The van der Waals surface area contributed by atoms with Gasteiger partial charge >= 0.3 is 0 Å². The van der Waals surface area contributed by atoms with Gasteiger partial charge in [-0.05, 0) is 19.1 Å². The number of hydrogen-bond donors (Lipinski definition) is 3. The molecule has 0 saturated carbocycles. The summed E-state index contributed by atoms with van der Waals surface area (Å²) >= 11 is 0. The lowest BCUT2D eigenvalue weighted by molar-refractivity contribution is 0.584. The standard InChI is InChI=1S/C11H11F2N5/c1-6-5-15-11(18-14)17-10(6)16-9-3-7(12)2-8(13)4-9/h2-5H,14H2,1H3,(H2,15,16,17,18). The van der Waals surface area contributed by atoms with Gasteiger partial charge in [0.15, 0.2) is 0 Å². The molecule has 0 radical (unpaired) electrons. The van der Waals surface area contributed by atoms with E-state index in [9.17, 15) is 8.78 Å². The number of nitrogens with one attached hydrogen (secondary N) is 2. The topological polar surface area (TPSA) is 75.9 Å². The molecule has 4 N–H and O–H groups in total. The van der Waals surface area contributed by atoms with Crippen LogP contribution in [0.2, 0.25) is 0 Å². The fourth-order valence-corrected chi connectivity index (χ4v) is 1.40. The number of benzene rings is 1. The Morgan fingerprint density at radius 3 is 2.44 bits per heavy atom. The quantitative estimate of drug-likeness (QED) is 0.575. The molecule has 1 aromatic heterocycles. The van der Waals surface area contributed by atoms with Crippen LogP contribution in [0.15, 0.2) is 24.4 Å². The van der Waals surface area contributed by atoms with Gasteiger partial charge in [-0.15, -0.1) is 0 Å². The number of halogens is 2. The Kier molecular flexibility index (Phi) is 3.33. The minimum atomic E-state index is -0.665. The molecule has 94 valence electrons. The minimum absolute atomic E-state index is 0.208. The first-order chi connectivity index (χ1) is 8.58. The summed E-state index contributed by atoms with van der Waals surface area (Å²) in [5.74, 6) is 4.48. The summed E-state index contributed by atoms with van der Waals surface area (Å²) < 4.78 is 26.1. The Hall–Kier alpha value is -2.28. The van der Waals surface area contributed by atoms with Crippen LogP contribution in [0.25, 0.3) is 0 Å². The highest BCUT2D eigenvalue weighted by Crippen LogP contribution is 2.20. The largest absolute Gasteiger partial charge is 0.340 e. The first kappa shape index (κ1) is 12.2. The van der Waals surface area contributed by atoms with Gasteiger partial charge in [0.1, 0.15) is 17.5 Å². The Bertz CT molecular complexity index is 553. The van der Waals surface area contributed by atoms with Crippen LogP contribution in [0.1, 0.15) is 5.56 Å². The monoisotopic (exact) mass is 251 g/mol. The van der Waals surface area contributed by atoms with E-state index in [0.717, 1.165) is 11.6 Å². The van der Waals surface area contributed by atoms with Gasteiger partial charge in [-0.3, -0.25) is 5.43 Å². The van der Waals surface area contributed by atoms with Crippen molar-refractivity contribution in [1.29, 1.82) is 0 Å². The van der Waals surface area contributed by atoms with E-state index in [1.165, 1.54) is 12.1 Å². The Balaban J connectivity index is 2.33. The van der Waals surface area contributed by atoms with Gasteiger partial charge in [-0.2, -0.15) is 4.98 Å². The molecule has 0 fully saturated rings. The summed E-state index contributed by atoms with van der Waals surface area (Å²) in [4.78, 5) is 7.94. The van der Waals surface area contributed by atoms with E-state index < -0.39 is 11.6 Å². The van der Waals surface area contributed by atoms with Gasteiger partial charge in [0.25, 0.3) is 0 Å². The average molecular weight is 251 g/mol. The van der Waals surface area contributed by atoms with Crippen molar-refractivity contribution in [3.05, 3.63) is 41.6 Å². The molecule has 7 heteroatoms. The van der Waals surface area contributed by atoms with E-state index in [4.69, 9.17) is 5.84 Å². The molecule has 0 bridgehead atoms. The maximum Gasteiger partial charge on any atom is 0.239 e. The predicted octanol–water partition coefficient (Wildman–Crippen LogP) is 2.09. The van der Waals surface area contributed by atoms with E-state index in [-0.39, 0.29) is 11.6 Å². The number of anilines is 3. The second-order valence-electron chi connectivity index (χ2n) is 3.65. The van der Waals surface area contributed by atoms with Crippen LogP contribution < -0.4 is 16.6 Å². The molecule has 0 amide bonds. The van der Waals surface area contributed by atoms with E-state index in [2.05, 4.69) is 20.7 Å². The highest BCUT2D eigenvalue weighted by Gasteiger charge is 2.06. The van der Waals surface area contributed by atoms with Crippen LogP contribution in [0.4, 0.5) is 26.2 Å². The summed E-state index contributed by atoms with van der Waals surface area (Å²) in [5, 5.41) is 2.80. The third-order valence-electron chi connectivity index (χ3n) is 2.23. The van der Waals surface area contributed by atoms with Crippen molar-refractivity contribution >= 4 is 17.5 Å². The van der Waals surface area contributed by atoms with Crippen LogP contribution in [0.3, 0.4) is 0 Å². The predicted molar refractivity (Wildman–Crippen MR) is 64.2 cm³/mol. The van der Waals surface area contributed by atoms with Crippen LogP contribution >= 0.6 is 0 Å². The zero-order valence-electron chi connectivity index (χ0n) is 9.54. The fraction of sp³-hybridized carbons (Fsp3) is 0.0909. The molecule has 0 unspecified atom stereocenters. The molecule has 18 heavy (non-hydrogen) atoms. The zero-order chi connectivity index (χ0) is 13.1. The number of hydrazine groups is 1. The molecule has 0 spiro atoms. The second kappa shape index (κ2) is 4.92. The van der Waals surface area contributed by atoms with Gasteiger partial charge in [-0.1, -0.05) is 0 Å². The molecule has 0 atom stereocenters. The first-order valence-corrected chi connectivity index (χ1v) is 5.12. The highest BCUT2D eigenvalue weighted by atomic mass is 19.1. The molecule has 5 nitrogen and oxygen atoms in total. The molecule has 2 rings (SSSR count). The van der Waals surface area contributed by atoms with Crippen molar-refractivity contribution in [3.63, 3.8) is 0 Å². The number of nitrogen functional groups attached to an aromatic ring is 1. The number of aromatic nitrogens is 2. The maximum absolute atomic E-state index is 13.0. The molecule has 0 aliphatic rings. The third kappa shape index (κ3) is 2.69. The molecular formula is C11H11F2N5. The number of hydrogen-bond acceptors (Lipinski definition) is 5. The first-order valence-electron chi connectivity index (χ1n) is 5.12. The molecule has 2 aromatic rings. The van der Waals surface area contributed by atoms with Gasteiger partial charge in [0, 0.05) is 23.5 Å². The number of nitrogens with two attached hydrogens (primary N) is 1. The van der Waals surface area contributed by atoms with Crippen molar-refractivity contribution < 1.29 is 8.78 Å². The molecule has 1 aromatic carbocycles. The fourth-order valence-electron chi connectivity index (χ4n) is 1.40. The van der Waals surface area contributed by atoms with Crippen LogP contribution in [0.5, 0.6) is 0 Å². The van der Waals surface area contributed by atoms with Crippen molar-refractivity contribution in [2.45, 2.75) is 6.92 Å². The zero-order valence-corrected chi connectivity index (χ0v) is 9.54. The third-order valence-corrected chi connectivity index (χ3v) is 2.23. The van der Waals surface area contributed by atoms with Crippen molar-refractivity contribution in [3.8, 4) is 0 Å². The summed E-state index contributed by atoms with van der Waals surface area (Å²) in [6.45, 7) is 1.76. The molecule has 0 aliphatic heterocycles. The van der Waals surface area contributed by atoms with Gasteiger partial charge < -0.3 is 5.32 Å².